The van der Waals surface area contributed by atoms with Crippen molar-refractivity contribution < 1.29 is 17.9 Å². The first-order chi connectivity index (χ1) is 13.0. The minimum Gasteiger partial charge on any atom is -0.457 e. The van der Waals surface area contributed by atoms with Crippen LogP contribution in [0.3, 0.4) is 0 Å². The summed E-state index contributed by atoms with van der Waals surface area (Å²) in [5, 5.41) is 0.617. The lowest BCUT2D eigenvalue weighted by Crippen LogP contribution is -2.31. The predicted octanol–water partition coefficient (Wildman–Crippen LogP) is 4.26. The van der Waals surface area contributed by atoms with Crippen molar-refractivity contribution in [1.29, 1.82) is 0 Å². The van der Waals surface area contributed by atoms with Gasteiger partial charge >= 0.3 is 5.97 Å². The van der Waals surface area contributed by atoms with Crippen molar-refractivity contribution in [1.82, 2.24) is 4.31 Å². The number of esters is 1. The molecule has 144 valence electrons. The first-order valence-electron chi connectivity index (χ1n) is 8.98. The number of nitrogens with zero attached hydrogens (tertiary/aromatic N) is 1. The Labute approximate surface area is 165 Å². The molecule has 0 radical (unpaired) electrons. The molecule has 2 aromatic carbocycles. The molecule has 0 saturated carbocycles. The standard InChI is InChI=1S/C20H22ClNO4S/c21-18-9-5-16(6-10-18)15-26-20(23)17-7-11-19(12-8-17)27(24,25)22-13-3-1-2-4-14-22/h5-12H,1-4,13-15H2. The van der Waals surface area contributed by atoms with Gasteiger partial charge in [-0.15, -0.1) is 0 Å². The minimum absolute atomic E-state index is 0.129. The van der Waals surface area contributed by atoms with Gasteiger partial charge in [-0.2, -0.15) is 4.31 Å². The van der Waals surface area contributed by atoms with Crippen molar-refractivity contribution in [2.24, 2.45) is 0 Å². The second-order valence-electron chi connectivity index (χ2n) is 6.55. The van der Waals surface area contributed by atoms with Gasteiger partial charge in [-0.05, 0) is 54.8 Å². The highest BCUT2D eigenvalue weighted by Crippen LogP contribution is 2.21. The first kappa shape index (κ1) is 19.9. The van der Waals surface area contributed by atoms with Crippen LogP contribution in [0.25, 0.3) is 0 Å². The molecule has 0 aromatic heterocycles. The molecule has 1 heterocycles. The molecule has 3 rings (SSSR count). The molecule has 0 bridgehead atoms. The summed E-state index contributed by atoms with van der Waals surface area (Å²) in [5.74, 6) is -0.497. The maximum Gasteiger partial charge on any atom is 0.338 e. The Hall–Kier alpha value is -1.89. The summed E-state index contributed by atoms with van der Waals surface area (Å²) in [6, 6.07) is 13.0. The van der Waals surface area contributed by atoms with Crippen LogP contribution in [-0.4, -0.2) is 31.8 Å². The highest BCUT2D eigenvalue weighted by molar-refractivity contribution is 7.89. The number of hydrogen-bond acceptors (Lipinski definition) is 4. The largest absolute Gasteiger partial charge is 0.457 e. The van der Waals surface area contributed by atoms with Crippen LogP contribution in [-0.2, 0) is 21.4 Å². The van der Waals surface area contributed by atoms with Crippen LogP contribution in [0.2, 0.25) is 5.02 Å². The normalized spacial score (nSPS) is 15.9. The summed E-state index contributed by atoms with van der Waals surface area (Å²) in [6.07, 6.45) is 3.89. The topological polar surface area (TPSA) is 63.7 Å². The maximum absolute atomic E-state index is 12.8. The molecule has 1 aliphatic heterocycles. The summed E-state index contributed by atoms with van der Waals surface area (Å²) in [6.45, 7) is 1.23. The molecule has 1 saturated heterocycles. The fraction of sp³-hybridized carbons (Fsp3) is 0.350. The Bertz CT molecular complexity index is 871. The van der Waals surface area contributed by atoms with Crippen molar-refractivity contribution in [2.45, 2.75) is 37.2 Å². The van der Waals surface area contributed by atoms with E-state index in [0.29, 0.717) is 23.7 Å². The SMILES string of the molecule is O=C(OCc1ccc(Cl)cc1)c1ccc(S(=O)(=O)N2CCCCCC2)cc1. The van der Waals surface area contributed by atoms with Crippen LogP contribution < -0.4 is 0 Å². The summed E-state index contributed by atoms with van der Waals surface area (Å²) in [7, 11) is -3.52. The summed E-state index contributed by atoms with van der Waals surface area (Å²) in [5.41, 5.74) is 1.15. The third-order valence-electron chi connectivity index (χ3n) is 4.58. The second kappa shape index (κ2) is 8.87. The Morgan fingerprint density at radius 2 is 1.52 bits per heavy atom. The van der Waals surface area contributed by atoms with Gasteiger partial charge in [-0.3, -0.25) is 0 Å². The molecular formula is C20H22ClNO4S. The molecule has 5 nitrogen and oxygen atoms in total. The fourth-order valence-electron chi connectivity index (χ4n) is 3.01. The summed E-state index contributed by atoms with van der Waals surface area (Å²) in [4.78, 5) is 12.4. The molecule has 0 aliphatic carbocycles. The van der Waals surface area contributed by atoms with Gasteiger partial charge < -0.3 is 4.74 Å². The monoisotopic (exact) mass is 407 g/mol. The Morgan fingerprint density at radius 1 is 0.926 bits per heavy atom. The number of hydrogen-bond donors (Lipinski definition) is 0. The zero-order valence-corrected chi connectivity index (χ0v) is 16.5. The van der Waals surface area contributed by atoms with Gasteiger partial charge in [0.25, 0.3) is 0 Å². The molecule has 1 fully saturated rings. The molecular weight excluding hydrogens is 386 g/mol. The average molecular weight is 408 g/mol. The summed E-state index contributed by atoms with van der Waals surface area (Å²) >= 11 is 5.83. The van der Waals surface area contributed by atoms with E-state index in [1.54, 1.807) is 24.3 Å². The zero-order valence-electron chi connectivity index (χ0n) is 14.9. The van der Waals surface area contributed by atoms with E-state index in [-0.39, 0.29) is 11.5 Å². The number of benzene rings is 2. The number of carbonyl (C=O) groups excluding carboxylic acids is 1. The number of carbonyl (C=O) groups is 1. The van der Waals surface area contributed by atoms with E-state index in [1.807, 2.05) is 0 Å². The number of rotatable bonds is 5. The van der Waals surface area contributed by atoms with Gasteiger partial charge in [0, 0.05) is 18.1 Å². The van der Waals surface area contributed by atoms with Crippen molar-refractivity contribution in [3.8, 4) is 0 Å². The van der Waals surface area contributed by atoms with E-state index in [4.69, 9.17) is 16.3 Å². The molecule has 7 heteroatoms. The van der Waals surface area contributed by atoms with Crippen LogP contribution >= 0.6 is 11.6 Å². The van der Waals surface area contributed by atoms with Gasteiger partial charge in [-0.1, -0.05) is 36.6 Å². The van der Waals surface area contributed by atoms with E-state index in [9.17, 15) is 13.2 Å². The van der Waals surface area contributed by atoms with Crippen molar-refractivity contribution >= 4 is 27.6 Å². The zero-order chi connectivity index (χ0) is 19.3. The van der Waals surface area contributed by atoms with Crippen molar-refractivity contribution in [2.75, 3.05) is 13.1 Å². The second-order valence-corrected chi connectivity index (χ2v) is 8.92. The van der Waals surface area contributed by atoms with Gasteiger partial charge in [0.1, 0.15) is 6.61 Å². The Kier molecular flexibility index (Phi) is 6.52. The van der Waals surface area contributed by atoms with Crippen molar-refractivity contribution in [3.63, 3.8) is 0 Å². The lowest BCUT2D eigenvalue weighted by molar-refractivity contribution is 0.0472. The molecule has 0 amide bonds. The van der Waals surface area contributed by atoms with E-state index in [2.05, 4.69) is 0 Å². The van der Waals surface area contributed by atoms with Crippen LogP contribution in [0, 0.1) is 0 Å². The third-order valence-corrected chi connectivity index (χ3v) is 6.74. The smallest absolute Gasteiger partial charge is 0.338 e. The van der Waals surface area contributed by atoms with E-state index < -0.39 is 16.0 Å². The van der Waals surface area contributed by atoms with Gasteiger partial charge in [0.2, 0.25) is 10.0 Å². The highest BCUT2D eigenvalue weighted by atomic mass is 35.5. The molecule has 27 heavy (non-hydrogen) atoms. The van der Waals surface area contributed by atoms with Gasteiger partial charge in [-0.25, -0.2) is 13.2 Å². The van der Waals surface area contributed by atoms with E-state index >= 15 is 0 Å². The van der Waals surface area contributed by atoms with Crippen LogP contribution in [0.5, 0.6) is 0 Å². The predicted molar refractivity (Wildman–Crippen MR) is 104 cm³/mol. The molecule has 2 aromatic rings. The third kappa shape index (κ3) is 5.09. The molecule has 0 spiro atoms. The lowest BCUT2D eigenvalue weighted by atomic mass is 10.2. The average Bonchev–Trinajstić information content (AvgIpc) is 2.97. The summed E-state index contributed by atoms with van der Waals surface area (Å²) < 4.78 is 32.3. The molecule has 1 aliphatic rings. The van der Waals surface area contributed by atoms with Crippen LogP contribution in [0.1, 0.15) is 41.6 Å². The van der Waals surface area contributed by atoms with E-state index in [0.717, 1.165) is 31.2 Å². The minimum atomic E-state index is -3.52. The Morgan fingerprint density at radius 3 is 2.11 bits per heavy atom. The quantitative estimate of drug-likeness (QED) is 0.694. The van der Waals surface area contributed by atoms with Gasteiger partial charge in [0.15, 0.2) is 0 Å². The lowest BCUT2D eigenvalue weighted by Gasteiger charge is -2.20. The fourth-order valence-corrected chi connectivity index (χ4v) is 4.65. The highest BCUT2D eigenvalue weighted by Gasteiger charge is 2.25. The number of halogens is 1. The van der Waals surface area contributed by atoms with Crippen LogP contribution in [0.15, 0.2) is 53.4 Å². The maximum atomic E-state index is 12.8. The molecule has 0 unspecified atom stereocenters. The van der Waals surface area contributed by atoms with Gasteiger partial charge in [0.05, 0.1) is 10.5 Å². The van der Waals surface area contributed by atoms with E-state index in [1.165, 1.54) is 28.6 Å². The Balaban J connectivity index is 1.65. The molecule has 0 N–H and O–H groups in total. The van der Waals surface area contributed by atoms with Crippen LogP contribution in [0.4, 0.5) is 0 Å². The number of sulfonamides is 1. The number of ether oxygens (including phenoxy) is 1. The first-order valence-corrected chi connectivity index (χ1v) is 10.8. The van der Waals surface area contributed by atoms with Crippen molar-refractivity contribution in [3.05, 3.63) is 64.7 Å². The molecule has 0 atom stereocenters.